The first kappa shape index (κ1) is 21.5. The zero-order chi connectivity index (χ0) is 21.5. The minimum absolute atomic E-state index is 0.0373. The van der Waals surface area contributed by atoms with Gasteiger partial charge in [-0.15, -0.1) is 0 Å². The van der Waals surface area contributed by atoms with Crippen LogP contribution < -0.4 is 10.5 Å². The minimum Gasteiger partial charge on any atom is -0.495 e. The zero-order valence-corrected chi connectivity index (χ0v) is 18.2. The standard InChI is InChI=1S/C21H23Cl2NO5/c1-5-28-20(26)17-15(11-6-10(22)7-12(23)18(11)27-4)16-13(25)8-21(2,3)9-14(16)29-19(17)24/h6-7,15H,5,8-9,24H2,1-4H3. The van der Waals surface area contributed by atoms with Crippen LogP contribution in [0.3, 0.4) is 0 Å². The van der Waals surface area contributed by atoms with Crippen molar-refractivity contribution in [2.75, 3.05) is 13.7 Å². The Hall–Kier alpha value is -2.18. The Bertz CT molecular complexity index is 949. The molecular formula is C21H23Cl2NO5. The summed E-state index contributed by atoms with van der Waals surface area (Å²) in [6.45, 7) is 5.78. The molecule has 1 aromatic rings. The van der Waals surface area contributed by atoms with E-state index in [2.05, 4.69) is 0 Å². The number of nitrogens with two attached hydrogens (primary N) is 1. The molecule has 0 radical (unpaired) electrons. The third-order valence-corrected chi connectivity index (χ3v) is 5.50. The molecule has 0 fully saturated rings. The van der Waals surface area contributed by atoms with Crippen molar-refractivity contribution < 1.29 is 23.8 Å². The summed E-state index contributed by atoms with van der Waals surface area (Å²) in [5, 5.41) is 0.596. The van der Waals surface area contributed by atoms with Gasteiger partial charge in [-0.05, 0) is 24.5 Å². The lowest BCUT2D eigenvalue weighted by atomic mass is 9.70. The van der Waals surface area contributed by atoms with Gasteiger partial charge in [-0.25, -0.2) is 4.79 Å². The summed E-state index contributed by atoms with van der Waals surface area (Å²) in [7, 11) is 1.45. The van der Waals surface area contributed by atoms with E-state index in [4.69, 9.17) is 43.1 Å². The maximum atomic E-state index is 13.2. The number of hydrogen-bond acceptors (Lipinski definition) is 6. The highest BCUT2D eigenvalue weighted by Crippen LogP contribution is 2.51. The Morgan fingerprint density at radius 2 is 2.00 bits per heavy atom. The van der Waals surface area contributed by atoms with Gasteiger partial charge >= 0.3 is 5.97 Å². The molecule has 0 spiro atoms. The first-order valence-electron chi connectivity index (χ1n) is 9.23. The van der Waals surface area contributed by atoms with Gasteiger partial charge in [0.15, 0.2) is 5.78 Å². The fraction of sp³-hybridized carbons (Fsp3) is 0.429. The van der Waals surface area contributed by atoms with Crippen LogP contribution in [0.4, 0.5) is 0 Å². The number of esters is 1. The second-order valence-corrected chi connectivity index (χ2v) is 8.66. The van der Waals surface area contributed by atoms with Crippen LogP contribution >= 0.6 is 23.2 Å². The lowest BCUT2D eigenvalue weighted by molar-refractivity contribution is -0.139. The van der Waals surface area contributed by atoms with E-state index in [0.29, 0.717) is 40.5 Å². The predicted octanol–water partition coefficient (Wildman–Crippen LogP) is 4.49. The number of methoxy groups -OCH3 is 1. The van der Waals surface area contributed by atoms with Crippen LogP contribution in [0.5, 0.6) is 5.75 Å². The molecule has 1 aromatic carbocycles. The van der Waals surface area contributed by atoms with E-state index in [1.807, 2.05) is 13.8 Å². The van der Waals surface area contributed by atoms with Crippen molar-refractivity contribution >= 4 is 35.0 Å². The van der Waals surface area contributed by atoms with E-state index in [1.165, 1.54) is 13.2 Å². The summed E-state index contributed by atoms with van der Waals surface area (Å²) in [6, 6.07) is 3.15. The highest BCUT2D eigenvalue weighted by Gasteiger charge is 2.46. The van der Waals surface area contributed by atoms with Crippen LogP contribution in [0, 0.1) is 5.41 Å². The van der Waals surface area contributed by atoms with Crippen LogP contribution in [0.2, 0.25) is 10.0 Å². The van der Waals surface area contributed by atoms with Crippen molar-refractivity contribution in [2.45, 2.75) is 39.5 Å². The molecule has 2 aliphatic rings. The molecule has 156 valence electrons. The highest BCUT2D eigenvalue weighted by molar-refractivity contribution is 6.35. The summed E-state index contributed by atoms with van der Waals surface area (Å²) in [5.74, 6) is -1.00. The van der Waals surface area contributed by atoms with Crippen molar-refractivity contribution in [1.82, 2.24) is 0 Å². The molecule has 0 saturated heterocycles. The molecule has 1 aliphatic carbocycles. The van der Waals surface area contributed by atoms with E-state index in [0.717, 1.165) is 0 Å². The van der Waals surface area contributed by atoms with E-state index in [-0.39, 0.29) is 34.3 Å². The van der Waals surface area contributed by atoms with Gasteiger partial charge in [-0.3, -0.25) is 4.79 Å². The second-order valence-electron chi connectivity index (χ2n) is 7.82. The van der Waals surface area contributed by atoms with Crippen molar-refractivity contribution in [3.05, 3.63) is 50.5 Å². The number of ether oxygens (including phenoxy) is 3. The third kappa shape index (κ3) is 3.96. The smallest absolute Gasteiger partial charge is 0.340 e. The summed E-state index contributed by atoms with van der Waals surface area (Å²) in [4.78, 5) is 26.0. The highest BCUT2D eigenvalue weighted by atomic mass is 35.5. The molecule has 29 heavy (non-hydrogen) atoms. The molecule has 1 heterocycles. The fourth-order valence-electron chi connectivity index (χ4n) is 3.91. The number of carbonyl (C=O) groups excluding carboxylic acids is 2. The Morgan fingerprint density at radius 1 is 1.31 bits per heavy atom. The molecule has 0 aromatic heterocycles. The average Bonchev–Trinajstić information content (AvgIpc) is 2.58. The van der Waals surface area contributed by atoms with Gasteiger partial charge < -0.3 is 19.9 Å². The van der Waals surface area contributed by atoms with Gasteiger partial charge in [-0.1, -0.05) is 37.0 Å². The topological polar surface area (TPSA) is 87.9 Å². The van der Waals surface area contributed by atoms with Crippen LogP contribution in [0.1, 0.15) is 45.1 Å². The Balaban J connectivity index is 2.30. The monoisotopic (exact) mass is 439 g/mol. The normalized spacial score (nSPS) is 20.9. The molecule has 0 saturated carbocycles. The number of halogens is 2. The Labute approximate surface area is 179 Å². The maximum absolute atomic E-state index is 13.2. The van der Waals surface area contributed by atoms with Gasteiger partial charge in [0, 0.05) is 29.0 Å². The lowest BCUT2D eigenvalue weighted by Crippen LogP contribution is -2.35. The molecule has 2 N–H and O–H groups in total. The number of rotatable bonds is 4. The first-order chi connectivity index (χ1) is 13.6. The third-order valence-electron chi connectivity index (χ3n) is 5.00. The van der Waals surface area contributed by atoms with E-state index < -0.39 is 11.9 Å². The van der Waals surface area contributed by atoms with Crippen molar-refractivity contribution in [3.8, 4) is 5.75 Å². The molecule has 0 bridgehead atoms. The summed E-state index contributed by atoms with van der Waals surface area (Å²) >= 11 is 12.6. The lowest BCUT2D eigenvalue weighted by Gasteiger charge is -2.38. The summed E-state index contributed by atoms with van der Waals surface area (Å²) < 4.78 is 16.4. The molecular weight excluding hydrogens is 417 g/mol. The number of allylic oxidation sites excluding steroid dienone is 2. The molecule has 3 rings (SSSR count). The number of benzene rings is 1. The molecule has 6 nitrogen and oxygen atoms in total. The molecule has 1 atom stereocenters. The number of ketones is 1. The summed E-state index contributed by atoms with van der Waals surface area (Å²) in [6.07, 6.45) is 0.802. The average molecular weight is 440 g/mol. The molecule has 1 aliphatic heterocycles. The van der Waals surface area contributed by atoms with Gasteiger partial charge in [0.25, 0.3) is 0 Å². The van der Waals surface area contributed by atoms with Crippen LogP contribution in [0.25, 0.3) is 0 Å². The van der Waals surface area contributed by atoms with E-state index >= 15 is 0 Å². The van der Waals surface area contributed by atoms with Crippen LogP contribution in [-0.2, 0) is 19.1 Å². The van der Waals surface area contributed by atoms with Crippen LogP contribution in [0.15, 0.2) is 34.9 Å². The van der Waals surface area contributed by atoms with Gasteiger partial charge in [0.2, 0.25) is 5.88 Å². The largest absolute Gasteiger partial charge is 0.495 e. The number of hydrogen-bond donors (Lipinski definition) is 1. The molecule has 0 amide bonds. The minimum atomic E-state index is -0.854. The van der Waals surface area contributed by atoms with Gasteiger partial charge in [-0.2, -0.15) is 0 Å². The second kappa shape index (κ2) is 7.92. The number of Topliss-reactive ketones (excluding diaryl/α,β-unsaturated/α-hetero) is 1. The number of carbonyl (C=O) groups is 2. The van der Waals surface area contributed by atoms with Gasteiger partial charge in [0.1, 0.15) is 17.1 Å². The summed E-state index contributed by atoms with van der Waals surface area (Å²) in [5.41, 5.74) is 6.71. The van der Waals surface area contributed by atoms with Crippen molar-refractivity contribution in [3.63, 3.8) is 0 Å². The quantitative estimate of drug-likeness (QED) is 0.695. The predicted molar refractivity (Wildman–Crippen MR) is 110 cm³/mol. The Morgan fingerprint density at radius 3 is 2.62 bits per heavy atom. The van der Waals surface area contributed by atoms with E-state index in [1.54, 1.807) is 13.0 Å². The zero-order valence-electron chi connectivity index (χ0n) is 16.7. The van der Waals surface area contributed by atoms with Crippen molar-refractivity contribution in [2.24, 2.45) is 11.1 Å². The fourth-order valence-corrected chi connectivity index (χ4v) is 4.50. The maximum Gasteiger partial charge on any atom is 0.340 e. The Kier molecular flexibility index (Phi) is 5.88. The molecule has 1 unspecified atom stereocenters. The molecule has 8 heteroatoms. The van der Waals surface area contributed by atoms with Crippen molar-refractivity contribution in [1.29, 1.82) is 0 Å². The van der Waals surface area contributed by atoms with Crippen LogP contribution in [-0.4, -0.2) is 25.5 Å². The first-order valence-corrected chi connectivity index (χ1v) is 9.99. The van der Waals surface area contributed by atoms with E-state index in [9.17, 15) is 9.59 Å². The van der Waals surface area contributed by atoms with Gasteiger partial charge in [0.05, 0.1) is 24.7 Å². The SMILES string of the molecule is CCOC(=O)C1=C(N)OC2=C(C(=O)CC(C)(C)C2)C1c1cc(Cl)cc(Cl)c1OC.